The van der Waals surface area contributed by atoms with Gasteiger partial charge in [0, 0.05) is 17.8 Å². The maximum absolute atomic E-state index is 13.0. The SMILES string of the molecule is Cn1nncc1CNc1cc(F)cc(Cl)c1. The highest BCUT2D eigenvalue weighted by atomic mass is 35.5. The number of anilines is 1. The summed E-state index contributed by atoms with van der Waals surface area (Å²) in [4.78, 5) is 0. The van der Waals surface area contributed by atoms with E-state index in [9.17, 15) is 4.39 Å². The lowest BCUT2D eigenvalue weighted by atomic mass is 10.3. The van der Waals surface area contributed by atoms with Crippen LogP contribution in [0.3, 0.4) is 0 Å². The summed E-state index contributed by atoms with van der Waals surface area (Å²) in [6.45, 7) is 0.517. The highest BCUT2D eigenvalue weighted by molar-refractivity contribution is 6.30. The fraction of sp³-hybridized carbons (Fsp3) is 0.200. The number of nitrogens with zero attached hydrogens (tertiary/aromatic N) is 3. The van der Waals surface area contributed by atoms with E-state index < -0.39 is 0 Å². The van der Waals surface area contributed by atoms with Gasteiger partial charge in [-0.1, -0.05) is 16.8 Å². The molecule has 0 spiro atoms. The Kier molecular flexibility index (Phi) is 3.05. The fourth-order valence-corrected chi connectivity index (χ4v) is 1.54. The van der Waals surface area contributed by atoms with Crippen LogP contribution in [-0.2, 0) is 13.6 Å². The number of hydrogen-bond donors (Lipinski definition) is 1. The molecule has 0 unspecified atom stereocenters. The third-order valence-corrected chi connectivity index (χ3v) is 2.36. The van der Waals surface area contributed by atoms with Crippen molar-refractivity contribution in [2.45, 2.75) is 6.54 Å². The molecule has 0 saturated heterocycles. The standard InChI is InChI=1S/C10H10ClFN4/c1-16-10(6-14-15-16)5-13-9-3-7(11)2-8(12)4-9/h2-4,6,13H,5H2,1H3. The number of rotatable bonds is 3. The summed E-state index contributed by atoms with van der Waals surface area (Å²) >= 11 is 5.73. The maximum Gasteiger partial charge on any atom is 0.126 e. The molecule has 2 aromatic rings. The number of aryl methyl sites for hydroxylation is 1. The number of hydrogen-bond acceptors (Lipinski definition) is 3. The van der Waals surface area contributed by atoms with Crippen molar-refractivity contribution in [2.75, 3.05) is 5.32 Å². The lowest BCUT2D eigenvalue weighted by Gasteiger charge is -2.06. The van der Waals surface area contributed by atoms with E-state index in [0.717, 1.165) is 5.69 Å². The Bertz CT molecular complexity index is 477. The van der Waals surface area contributed by atoms with E-state index in [4.69, 9.17) is 11.6 Å². The Hall–Kier alpha value is -1.62. The van der Waals surface area contributed by atoms with Crippen molar-refractivity contribution in [2.24, 2.45) is 7.05 Å². The average molecular weight is 241 g/mol. The van der Waals surface area contributed by atoms with Gasteiger partial charge in [-0.2, -0.15) is 0 Å². The first-order valence-electron chi connectivity index (χ1n) is 4.68. The Morgan fingerprint density at radius 3 is 2.88 bits per heavy atom. The van der Waals surface area contributed by atoms with E-state index in [2.05, 4.69) is 15.6 Å². The highest BCUT2D eigenvalue weighted by Crippen LogP contribution is 2.18. The van der Waals surface area contributed by atoms with E-state index in [1.807, 2.05) is 0 Å². The summed E-state index contributed by atoms with van der Waals surface area (Å²) in [5.41, 5.74) is 1.53. The van der Waals surface area contributed by atoms with Gasteiger partial charge in [0.25, 0.3) is 0 Å². The molecule has 1 heterocycles. The van der Waals surface area contributed by atoms with Crippen molar-refractivity contribution >= 4 is 17.3 Å². The van der Waals surface area contributed by atoms with Crippen LogP contribution in [0.25, 0.3) is 0 Å². The summed E-state index contributed by atoms with van der Waals surface area (Å²) in [7, 11) is 1.79. The van der Waals surface area contributed by atoms with Crippen LogP contribution in [0.4, 0.5) is 10.1 Å². The van der Waals surface area contributed by atoms with Crippen LogP contribution in [0.2, 0.25) is 5.02 Å². The molecular weight excluding hydrogens is 231 g/mol. The molecule has 6 heteroatoms. The Morgan fingerprint density at radius 2 is 2.25 bits per heavy atom. The van der Waals surface area contributed by atoms with Crippen molar-refractivity contribution in [1.29, 1.82) is 0 Å². The second-order valence-electron chi connectivity index (χ2n) is 3.36. The maximum atomic E-state index is 13.0. The van der Waals surface area contributed by atoms with E-state index >= 15 is 0 Å². The normalized spacial score (nSPS) is 10.4. The van der Waals surface area contributed by atoms with Gasteiger partial charge in [0.2, 0.25) is 0 Å². The molecule has 2 rings (SSSR count). The smallest absolute Gasteiger partial charge is 0.126 e. The second kappa shape index (κ2) is 4.49. The van der Waals surface area contributed by atoms with Gasteiger partial charge >= 0.3 is 0 Å². The van der Waals surface area contributed by atoms with Crippen LogP contribution < -0.4 is 5.32 Å². The van der Waals surface area contributed by atoms with Crippen molar-refractivity contribution < 1.29 is 4.39 Å². The Morgan fingerprint density at radius 1 is 1.44 bits per heavy atom. The molecule has 1 N–H and O–H groups in total. The zero-order valence-corrected chi connectivity index (χ0v) is 9.37. The highest BCUT2D eigenvalue weighted by Gasteiger charge is 2.02. The number of benzene rings is 1. The quantitative estimate of drug-likeness (QED) is 0.895. The largest absolute Gasteiger partial charge is 0.379 e. The van der Waals surface area contributed by atoms with Gasteiger partial charge in [-0.05, 0) is 18.2 Å². The van der Waals surface area contributed by atoms with Crippen LogP contribution in [0.15, 0.2) is 24.4 Å². The zero-order valence-electron chi connectivity index (χ0n) is 8.61. The number of aromatic nitrogens is 3. The molecule has 0 aliphatic rings. The first-order chi connectivity index (χ1) is 7.65. The van der Waals surface area contributed by atoms with Crippen molar-refractivity contribution in [3.8, 4) is 0 Å². The predicted octanol–water partition coefficient (Wildman–Crippen LogP) is 2.22. The summed E-state index contributed by atoms with van der Waals surface area (Å²) in [6, 6.07) is 4.31. The molecule has 1 aromatic heterocycles. The average Bonchev–Trinajstić information content (AvgIpc) is 2.59. The third kappa shape index (κ3) is 2.49. The van der Waals surface area contributed by atoms with Gasteiger partial charge in [-0.3, -0.25) is 4.68 Å². The molecule has 0 radical (unpaired) electrons. The minimum atomic E-state index is -0.363. The van der Waals surface area contributed by atoms with E-state index in [-0.39, 0.29) is 5.82 Å². The van der Waals surface area contributed by atoms with Crippen LogP contribution in [-0.4, -0.2) is 15.0 Å². The predicted molar refractivity (Wildman–Crippen MR) is 59.7 cm³/mol. The van der Waals surface area contributed by atoms with Crippen LogP contribution in [0, 0.1) is 5.82 Å². The molecule has 1 aromatic carbocycles. The van der Waals surface area contributed by atoms with Crippen LogP contribution in [0.1, 0.15) is 5.69 Å². The number of nitrogens with one attached hydrogen (secondary N) is 1. The van der Waals surface area contributed by atoms with Gasteiger partial charge in [-0.25, -0.2) is 4.39 Å². The van der Waals surface area contributed by atoms with Gasteiger partial charge in [0.15, 0.2) is 0 Å². The third-order valence-electron chi connectivity index (χ3n) is 2.14. The summed E-state index contributed by atoms with van der Waals surface area (Å²) < 4.78 is 14.7. The molecule has 0 fully saturated rings. The van der Waals surface area contributed by atoms with Gasteiger partial charge in [0.1, 0.15) is 5.82 Å². The van der Waals surface area contributed by atoms with Crippen molar-refractivity contribution in [3.05, 3.63) is 40.9 Å². The molecule has 0 amide bonds. The Labute approximate surface area is 97.0 Å². The summed E-state index contributed by atoms with van der Waals surface area (Å²) in [5, 5.41) is 10.9. The van der Waals surface area contributed by atoms with E-state index in [1.54, 1.807) is 24.0 Å². The molecule has 0 saturated carbocycles. The minimum absolute atomic E-state index is 0.363. The zero-order chi connectivity index (χ0) is 11.5. The van der Waals surface area contributed by atoms with Gasteiger partial charge in [-0.15, -0.1) is 5.10 Å². The van der Waals surface area contributed by atoms with Gasteiger partial charge < -0.3 is 5.32 Å². The number of halogens is 2. The summed E-state index contributed by atoms with van der Waals surface area (Å²) in [5.74, 6) is -0.363. The van der Waals surface area contributed by atoms with E-state index in [1.165, 1.54) is 12.1 Å². The fourth-order valence-electron chi connectivity index (χ4n) is 1.32. The van der Waals surface area contributed by atoms with Crippen LogP contribution >= 0.6 is 11.6 Å². The minimum Gasteiger partial charge on any atom is -0.379 e. The second-order valence-corrected chi connectivity index (χ2v) is 3.80. The van der Waals surface area contributed by atoms with Crippen LogP contribution in [0.5, 0.6) is 0 Å². The van der Waals surface area contributed by atoms with Crippen molar-refractivity contribution in [3.63, 3.8) is 0 Å². The first kappa shape index (κ1) is 10.9. The molecule has 0 aliphatic carbocycles. The first-order valence-corrected chi connectivity index (χ1v) is 5.06. The lowest BCUT2D eigenvalue weighted by molar-refractivity contribution is 0.628. The molecule has 0 aliphatic heterocycles. The molecule has 16 heavy (non-hydrogen) atoms. The molecule has 4 nitrogen and oxygen atoms in total. The molecule has 84 valence electrons. The Balaban J connectivity index is 2.07. The molecule has 0 bridgehead atoms. The summed E-state index contributed by atoms with van der Waals surface area (Å²) in [6.07, 6.45) is 1.65. The molecular formula is C10H10ClFN4. The topological polar surface area (TPSA) is 42.7 Å². The van der Waals surface area contributed by atoms with Gasteiger partial charge in [0.05, 0.1) is 18.4 Å². The monoisotopic (exact) mass is 240 g/mol. The lowest BCUT2D eigenvalue weighted by Crippen LogP contribution is -2.05. The van der Waals surface area contributed by atoms with E-state index in [0.29, 0.717) is 17.3 Å². The van der Waals surface area contributed by atoms with Crippen molar-refractivity contribution in [1.82, 2.24) is 15.0 Å². The molecule has 0 atom stereocenters.